The second kappa shape index (κ2) is 7.12. The summed E-state index contributed by atoms with van der Waals surface area (Å²) in [6.07, 6.45) is 1.88. The normalized spacial score (nSPS) is 19.0. The van der Waals surface area contributed by atoms with Crippen LogP contribution in [0, 0.1) is 0 Å². The fourth-order valence-corrected chi connectivity index (χ4v) is 4.04. The summed E-state index contributed by atoms with van der Waals surface area (Å²) in [6, 6.07) is 19.7. The molecule has 110 valence electrons. The lowest BCUT2D eigenvalue weighted by atomic mass is 9.98. The average Bonchev–Trinajstić information content (AvgIpc) is 2.55. The highest BCUT2D eigenvalue weighted by molar-refractivity contribution is 7.99. The van der Waals surface area contributed by atoms with Gasteiger partial charge >= 0.3 is 0 Å². The Kier molecular flexibility index (Phi) is 4.96. The van der Waals surface area contributed by atoms with E-state index >= 15 is 0 Å². The molecule has 0 radical (unpaired) electrons. The second-order valence-corrected chi connectivity index (χ2v) is 6.51. The van der Waals surface area contributed by atoms with Gasteiger partial charge < -0.3 is 10.4 Å². The maximum absolute atomic E-state index is 9.38. The molecule has 1 unspecified atom stereocenters. The Labute approximate surface area is 130 Å². The van der Waals surface area contributed by atoms with E-state index in [1.165, 1.54) is 16.0 Å². The lowest BCUT2D eigenvalue weighted by Crippen LogP contribution is -2.29. The molecule has 1 heterocycles. The van der Waals surface area contributed by atoms with E-state index in [-0.39, 0.29) is 12.6 Å². The first kappa shape index (κ1) is 14.6. The van der Waals surface area contributed by atoms with Gasteiger partial charge in [0.05, 0.1) is 0 Å². The van der Waals surface area contributed by atoms with Crippen LogP contribution >= 0.6 is 11.8 Å². The lowest BCUT2D eigenvalue weighted by Gasteiger charge is -2.30. The summed E-state index contributed by atoms with van der Waals surface area (Å²) >= 11 is 1.94. The highest BCUT2D eigenvalue weighted by Gasteiger charge is 2.23. The third kappa shape index (κ3) is 3.49. The molecule has 0 aliphatic carbocycles. The number of nitrogens with one attached hydrogen (secondary N) is 1. The Morgan fingerprint density at radius 3 is 2.67 bits per heavy atom. The van der Waals surface area contributed by atoms with Gasteiger partial charge in [0.15, 0.2) is 0 Å². The Bertz CT molecular complexity index is 572. The minimum absolute atomic E-state index is 0.204. The molecule has 0 saturated carbocycles. The molecule has 1 aliphatic heterocycles. The SMILES string of the molecule is OCC[C@@H](NC1CCSc2ccccc21)c1ccccc1. The maximum Gasteiger partial charge on any atom is 0.0449 e. The fourth-order valence-electron chi connectivity index (χ4n) is 2.92. The second-order valence-electron chi connectivity index (χ2n) is 5.37. The Morgan fingerprint density at radius 1 is 1.10 bits per heavy atom. The van der Waals surface area contributed by atoms with Crippen molar-refractivity contribution in [2.75, 3.05) is 12.4 Å². The van der Waals surface area contributed by atoms with E-state index in [0.29, 0.717) is 6.04 Å². The first-order valence-corrected chi connectivity index (χ1v) is 8.50. The van der Waals surface area contributed by atoms with Crippen LogP contribution in [-0.2, 0) is 0 Å². The minimum Gasteiger partial charge on any atom is -0.396 e. The van der Waals surface area contributed by atoms with Crippen LogP contribution in [0.25, 0.3) is 0 Å². The number of fused-ring (bicyclic) bond motifs is 1. The van der Waals surface area contributed by atoms with Crippen LogP contribution in [-0.4, -0.2) is 17.5 Å². The number of thioether (sulfide) groups is 1. The van der Waals surface area contributed by atoms with Crippen molar-refractivity contribution in [1.82, 2.24) is 5.32 Å². The van der Waals surface area contributed by atoms with E-state index in [9.17, 15) is 5.11 Å². The predicted octanol–water partition coefficient (Wildman–Crippen LogP) is 3.94. The first-order chi connectivity index (χ1) is 10.4. The summed E-state index contributed by atoms with van der Waals surface area (Å²) in [4.78, 5) is 1.39. The smallest absolute Gasteiger partial charge is 0.0449 e. The molecule has 2 aromatic carbocycles. The van der Waals surface area contributed by atoms with Gasteiger partial charge in [-0.2, -0.15) is 0 Å². The van der Waals surface area contributed by atoms with Gasteiger partial charge in [0.2, 0.25) is 0 Å². The van der Waals surface area contributed by atoms with E-state index in [1.807, 2.05) is 17.8 Å². The zero-order chi connectivity index (χ0) is 14.5. The molecular formula is C18H21NOS. The molecule has 2 aromatic rings. The van der Waals surface area contributed by atoms with Gasteiger partial charge in [-0.3, -0.25) is 0 Å². The van der Waals surface area contributed by atoms with E-state index < -0.39 is 0 Å². The third-order valence-electron chi connectivity index (χ3n) is 3.98. The van der Waals surface area contributed by atoms with Crippen LogP contribution in [0.15, 0.2) is 59.5 Å². The number of aliphatic hydroxyl groups is 1. The van der Waals surface area contributed by atoms with Crippen LogP contribution in [0.4, 0.5) is 0 Å². The summed E-state index contributed by atoms with van der Waals surface area (Å²) in [6.45, 7) is 0.204. The molecule has 2 atom stereocenters. The van der Waals surface area contributed by atoms with Crippen LogP contribution in [0.1, 0.15) is 36.1 Å². The van der Waals surface area contributed by atoms with Crippen molar-refractivity contribution >= 4 is 11.8 Å². The van der Waals surface area contributed by atoms with Crippen molar-refractivity contribution in [3.63, 3.8) is 0 Å². The molecule has 2 nitrogen and oxygen atoms in total. The van der Waals surface area contributed by atoms with Crippen LogP contribution in [0.5, 0.6) is 0 Å². The number of hydrogen-bond donors (Lipinski definition) is 2. The fraction of sp³-hybridized carbons (Fsp3) is 0.333. The topological polar surface area (TPSA) is 32.3 Å². The molecular weight excluding hydrogens is 278 g/mol. The van der Waals surface area contributed by atoms with Crippen molar-refractivity contribution in [2.24, 2.45) is 0 Å². The molecule has 0 fully saturated rings. The van der Waals surface area contributed by atoms with Gasteiger partial charge in [0.1, 0.15) is 0 Å². The van der Waals surface area contributed by atoms with E-state index in [0.717, 1.165) is 18.6 Å². The van der Waals surface area contributed by atoms with Crippen molar-refractivity contribution in [3.8, 4) is 0 Å². The molecule has 0 spiro atoms. The number of aliphatic hydroxyl groups excluding tert-OH is 1. The third-order valence-corrected chi connectivity index (χ3v) is 5.10. The Balaban J connectivity index is 1.81. The van der Waals surface area contributed by atoms with Crippen LogP contribution < -0.4 is 5.32 Å². The van der Waals surface area contributed by atoms with Gasteiger partial charge in [-0.1, -0.05) is 48.5 Å². The van der Waals surface area contributed by atoms with Crippen molar-refractivity contribution in [3.05, 3.63) is 65.7 Å². The lowest BCUT2D eigenvalue weighted by molar-refractivity contribution is 0.257. The maximum atomic E-state index is 9.38. The van der Waals surface area contributed by atoms with E-state index in [1.54, 1.807) is 0 Å². The molecule has 3 heteroatoms. The molecule has 21 heavy (non-hydrogen) atoms. The van der Waals surface area contributed by atoms with Crippen molar-refractivity contribution in [1.29, 1.82) is 0 Å². The average molecular weight is 299 g/mol. The van der Waals surface area contributed by atoms with Gasteiger partial charge in [-0.05, 0) is 35.8 Å². The molecule has 0 saturated heterocycles. The van der Waals surface area contributed by atoms with Gasteiger partial charge in [-0.25, -0.2) is 0 Å². The predicted molar refractivity (Wildman–Crippen MR) is 88.5 cm³/mol. The highest BCUT2D eigenvalue weighted by atomic mass is 32.2. The summed E-state index contributed by atoms with van der Waals surface area (Å²) in [5, 5.41) is 13.1. The summed E-state index contributed by atoms with van der Waals surface area (Å²) in [5.41, 5.74) is 2.65. The van der Waals surface area contributed by atoms with Crippen molar-refractivity contribution < 1.29 is 5.11 Å². The zero-order valence-corrected chi connectivity index (χ0v) is 12.9. The van der Waals surface area contributed by atoms with Gasteiger partial charge in [0.25, 0.3) is 0 Å². The summed E-state index contributed by atoms with van der Waals surface area (Å²) in [5.74, 6) is 1.15. The first-order valence-electron chi connectivity index (χ1n) is 7.52. The van der Waals surface area contributed by atoms with Crippen LogP contribution in [0.2, 0.25) is 0 Å². The standard InChI is InChI=1S/C18H21NOS/c20-12-10-16(14-6-2-1-3-7-14)19-17-11-13-21-18-9-5-4-8-15(17)18/h1-9,16-17,19-20H,10-13H2/t16-,17?/m1/s1. The highest BCUT2D eigenvalue weighted by Crippen LogP contribution is 2.37. The monoisotopic (exact) mass is 299 g/mol. The Hall–Kier alpha value is -1.29. The molecule has 0 aromatic heterocycles. The van der Waals surface area contributed by atoms with E-state index in [2.05, 4.69) is 53.8 Å². The van der Waals surface area contributed by atoms with Crippen LogP contribution in [0.3, 0.4) is 0 Å². The largest absolute Gasteiger partial charge is 0.396 e. The number of hydrogen-bond acceptors (Lipinski definition) is 3. The molecule has 3 rings (SSSR count). The molecule has 0 amide bonds. The Morgan fingerprint density at radius 2 is 1.86 bits per heavy atom. The van der Waals surface area contributed by atoms with Gasteiger partial charge in [-0.15, -0.1) is 11.8 Å². The van der Waals surface area contributed by atoms with E-state index in [4.69, 9.17) is 0 Å². The number of rotatable bonds is 5. The zero-order valence-electron chi connectivity index (χ0n) is 12.0. The minimum atomic E-state index is 0.204. The summed E-state index contributed by atoms with van der Waals surface area (Å²) < 4.78 is 0. The quantitative estimate of drug-likeness (QED) is 0.877. The number of benzene rings is 2. The van der Waals surface area contributed by atoms with Crippen molar-refractivity contribution in [2.45, 2.75) is 29.8 Å². The molecule has 1 aliphatic rings. The molecule has 2 N–H and O–H groups in total. The molecule has 0 bridgehead atoms. The summed E-state index contributed by atoms with van der Waals surface area (Å²) in [7, 11) is 0. The van der Waals surface area contributed by atoms with Gasteiger partial charge in [0, 0.05) is 23.6 Å².